The van der Waals surface area contributed by atoms with Crippen LogP contribution in [0.15, 0.2) is 84.1 Å². The Bertz CT molecular complexity index is 1120. The lowest BCUT2D eigenvalue weighted by molar-refractivity contribution is 0.132. The van der Waals surface area contributed by atoms with Gasteiger partial charge in [0.05, 0.1) is 20.8 Å². The molecule has 198 valence electrons. The summed E-state index contributed by atoms with van der Waals surface area (Å²) in [6.07, 6.45) is 4.98. The van der Waals surface area contributed by atoms with Crippen LogP contribution in [0.25, 0.3) is 0 Å². The van der Waals surface area contributed by atoms with E-state index in [4.69, 9.17) is 9.47 Å². The lowest BCUT2D eigenvalue weighted by Gasteiger charge is -2.23. The van der Waals surface area contributed by atoms with Gasteiger partial charge in [0, 0.05) is 24.5 Å². The average Bonchev–Trinajstić information content (AvgIpc) is 3.65. The second kappa shape index (κ2) is 14.8. The molecule has 4 rings (SSSR count). The molecular formula is C28H30N4O4S2. The average molecular weight is 551 g/mol. The van der Waals surface area contributed by atoms with E-state index in [1.54, 1.807) is 23.4 Å². The summed E-state index contributed by atoms with van der Waals surface area (Å²) in [6, 6.07) is 19.6. The molecule has 2 atom stereocenters. The normalized spacial score (nSPS) is 12.3. The zero-order valence-corrected chi connectivity index (χ0v) is 22.5. The lowest BCUT2D eigenvalue weighted by atomic mass is 9.96. The second-order valence-corrected chi connectivity index (χ2v) is 10.7. The number of carbonyl (C=O) groups is 2. The molecule has 0 aliphatic heterocycles. The minimum atomic E-state index is -0.476. The number of nitrogens with zero attached hydrogens (tertiary/aromatic N) is 2. The van der Waals surface area contributed by atoms with Crippen LogP contribution in [0.5, 0.6) is 0 Å². The van der Waals surface area contributed by atoms with Crippen molar-refractivity contribution in [1.82, 2.24) is 20.6 Å². The highest BCUT2D eigenvalue weighted by molar-refractivity contribution is 7.09. The number of benzene rings is 2. The molecule has 0 unspecified atom stereocenters. The Morgan fingerprint density at radius 2 is 1.11 bits per heavy atom. The first-order chi connectivity index (χ1) is 18.6. The zero-order chi connectivity index (χ0) is 26.4. The molecule has 0 radical (unpaired) electrons. The summed E-state index contributed by atoms with van der Waals surface area (Å²) < 4.78 is 10.8. The Kier molecular flexibility index (Phi) is 10.7. The molecule has 2 aromatic heterocycles. The number of ether oxygens (including phenoxy) is 2. The van der Waals surface area contributed by atoms with Crippen molar-refractivity contribution >= 4 is 34.9 Å². The maximum Gasteiger partial charge on any atom is 0.407 e. The van der Waals surface area contributed by atoms with Gasteiger partial charge in [-0.3, -0.25) is 9.97 Å². The van der Waals surface area contributed by atoms with Gasteiger partial charge in [-0.15, -0.1) is 22.7 Å². The van der Waals surface area contributed by atoms with Crippen LogP contribution >= 0.6 is 22.7 Å². The van der Waals surface area contributed by atoms with E-state index in [1.807, 2.05) is 60.7 Å². The van der Waals surface area contributed by atoms with Crippen molar-refractivity contribution in [1.29, 1.82) is 0 Å². The van der Waals surface area contributed by atoms with E-state index in [0.29, 0.717) is 25.7 Å². The van der Waals surface area contributed by atoms with Gasteiger partial charge in [-0.1, -0.05) is 60.7 Å². The Morgan fingerprint density at radius 1 is 0.684 bits per heavy atom. The molecule has 2 aromatic carbocycles. The third kappa shape index (κ3) is 9.60. The first kappa shape index (κ1) is 27.3. The molecule has 2 N–H and O–H groups in total. The van der Waals surface area contributed by atoms with Gasteiger partial charge in [0.15, 0.2) is 0 Å². The second-order valence-electron chi connectivity index (χ2n) is 8.73. The summed E-state index contributed by atoms with van der Waals surface area (Å²) in [6.45, 7) is 0.358. The van der Waals surface area contributed by atoms with Crippen LogP contribution in [0.2, 0.25) is 0 Å². The van der Waals surface area contributed by atoms with E-state index in [-0.39, 0.29) is 25.3 Å². The number of aromatic nitrogens is 2. The molecular weight excluding hydrogens is 520 g/mol. The maximum atomic E-state index is 12.6. The summed E-state index contributed by atoms with van der Waals surface area (Å²) >= 11 is 2.88. The number of hydrogen-bond acceptors (Lipinski definition) is 8. The summed E-state index contributed by atoms with van der Waals surface area (Å²) in [5, 5.41) is 6.04. The number of thiazole rings is 2. The van der Waals surface area contributed by atoms with Crippen LogP contribution < -0.4 is 10.6 Å². The third-order valence-electron chi connectivity index (χ3n) is 5.82. The van der Waals surface area contributed by atoms with Gasteiger partial charge >= 0.3 is 12.2 Å². The first-order valence-corrected chi connectivity index (χ1v) is 14.1. The fourth-order valence-electron chi connectivity index (χ4n) is 3.97. The Labute approximate surface area is 230 Å². The quantitative estimate of drug-likeness (QED) is 0.220. The highest BCUT2D eigenvalue weighted by atomic mass is 32.1. The van der Waals surface area contributed by atoms with Crippen molar-refractivity contribution in [3.05, 3.63) is 105 Å². The van der Waals surface area contributed by atoms with Crippen LogP contribution in [0.3, 0.4) is 0 Å². The van der Waals surface area contributed by atoms with E-state index in [1.165, 1.54) is 22.7 Å². The standard InChI is InChI=1S/C28H30N4O4S2/c33-27(35-17-25-15-29-19-37-25)31-23(13-21-7-3-1-4-8-21)11-12-24(14-22-9-5-2-6-10-22)32-28(34)36-18-26-16-30-20-38-26/h1-10,15-16,19-20,23-24H,11-14,17-18H2,(H,31,33)(H,32,34)/t23-,24-/m1/s1. The Balaban J connectivity index is 1.38. The predicted molar refractivity (Wildman–Crippen MR) is 148 cm³/mol. The molecule has 10 heteroatoms. The molecule has 0 fully saturated rings. The lowest BCUT2D eigenvalue weighted by Crippen LogP contribution is -2.41. The fourth-order valence-corrected chi connectivity index (χ4v) is 4.98. The van der Waals surface area contributed by atoms with Crippen molar-refractivity contribution in [3.63, 3.8) is 0 Å². The van der Waals surface area contributed by atoms with Crippen LogP contribution in [0, 0.1) is 0 Å². The third-order valence-corrected chi connectivity index (χ3v) is 7.32. The van der Waals surface area contributed by atoms with Crippen LogP contribution in [-0.4, -0.2) is 34.2 Å². The number of nitrogens with one attached hydrogen (secondary N) is 2. The number of carbonyl (C=O) groups excluding carboxylic acids is 2. The summed E-state index contributed by atoms with van der Waals surface area (Å²) in [4.78, 5) is 35.0. The largest absolute Gasteiger partial charge is 0.444 e. The molecule has 38 heavy (non-hydrogen) atoms. The van der Waals surface area contributed by atoms with Gasteiger partial charge in [-0.05, 0) is 36.8 Å². The summed E-state index contributed by atoms with van der Waals surface area (Å²) in [7, 11) is 0. The van der Waals surface area contributed by atoms with E-state index in [9.17, 15) is 9.59 Å². The minimum Gasteiger partial charge on any atom is -0.444 e. The smallest absolute Gasteiger partial charge is 0.407 e. The molecule has 4 aromatic rings. The van der Waals surface area contributed by atoms with E-state index < -0.39 is 12.2 Å². The molecule has 0 saturated heterocycles. The Morgan fingerprint density at radius 3 is 1.47 bits per heavy atom. The Hall–Kier alpha value is -3.76. The fraction of sp³-hybridized carbons (Fsp3) is 0.286. The van der Waals surface area contributed by atoms with Crippen LogP contribution in [0.1, 0.15) is 33.7 Å². The SMILES string of the molecule is O=C(N[C@H](CC[C@H](Cc1ccccc1)NC(=O)OCc1cncs1)Cc1ccccc1)OCc1cncs1. The number of hydrogen-bond donors (Lipinski definition) is 2. The van der Waals surface area contributed by atoms with Gasteiger partial charge in [0.25, 0.3) is 0 Å². The van der Waals surface area contributed by atoms with Crippen molar-refractivity contribution < 1.29 is 19.1 Å². The van der Waals surface area contributed by atoms with Crippen molar-refractivity contribution in [2.75, 3.05) is 0 Å². The molecule has 0 saturated carbocycles. The highest BCUT2D eigenvalue weighted by Gasteiger charge is 2.20. The molecule has 8 nitrogen and oxygen atoms in total. The topological polar surface area (TPSA) is 102 Å². The summed E-state index contributed by atoms with van der Waals surface area (Å²) in [5.74, 6) is 0. The van der Waals surface area contributed by atoms with E-state index in [0.717, 1.165) is 20.9 Å². The van der Waals surface area contributed by atoms with Crippen LogP contribution in [0.4, 0.5) is 9.59 Å². The van der Waals surface area contributed by atoms with E-state index >= 15 is 0 Å². The molecule has 0 spiro atoms. The van der Waals surface area contributed by atoms with Crippen LogP contribution in [-0.2, 0) is 35.5 Å². The zero-order valence-electron chi connectivity index (χ0n) is 20.8. The molecule has 0 bridgehead atoms. The minimum absolute atomic E-state index is 0.179. The highest BCUT2D eigenvalue weighted by Crippen LogP contribution is 2.15. The maximum absolute atomic E-state index is 12.6. The van der Waals surface area contributed by atoms with Gasteiger partial charge in [-0.2, -0.15) is 0 Å². The summed E-state index contributed by atoms with van der Waals surface area (Å²) in [5.41, 5.74) is 5.63. The first-order valence-electron chi connectivity index (χ1n) is 12.3. The monoisotopic (exact) mass is 550 g/mol. The van der Waals surface area contributed by atoms with Gasteiger partial charge in [-0.25, -0.2) is 9.59 Å². The number of rotatable bonds is 13. The van der Waals surface area contributed by atoms with Gasteiger partial charge < -0.3 is 20.1 Å². The molecule has 2 heterocycles. The van der Waals surface area contributed by atoms with E-state index in [2.05, 4.69) is 20.6 Å². The van der Waals surface area contributed by atoms with Crippen molar-refractivity contribution in [2.24, 2.45) is 0 Å². The van der Waals surface area contributed by atoms with Gasteiger partial charge in [0.2, 0.25) is 0 Å². The molecule has 0 aliphatic rings. The molecule has 0 aliphatic carbocycles. The molecule has 2 amide bonds. The van der Waals surface area contributed by atoms with Gasteiger partial charge in [0.1, 0.15) is 13.2 Å². The van der Waals surface area contributed by atoms with Crippen molar-refractivity contribution in [3.8, 4) is 0 Å². The predicted octanol–water partition coefficient (Wildman–Crippen LogP) is 5.76. The number of amides is 2. The number of alkyl carbamates (subject to hydrolysis) is 2. The van der Waals surface area contributed by atoms with Crippen molar-refractivity contribution in [2.45, 2.75) is 51.0 Å².